The number of carbonyl (C=O) groups is 3. The van der Waals surface area contributed by atoms with Gasteiger partial charge < -0.3 is 24.0 Å². The summed E-state index contributed by atoms with van der Waals surface area (Å²) < 4.78 is 14.9. The van der Waals surface area contributed by atoms with E-state index in [0.717, 1.165) is 11.3 Å². The second-order valence-electron chi connectivity index (χ2n) is 6.83. The molecule has 0 atom stereocenters. The molecule has 1 amide bonds. The number of likely N-dealkylation sites (N-methyl/N-ethyl adjacent to an activating group) is 1. The molecule has 2 aromatic rings. The molecule has 0 aromatic heterocycles. The quantitative estimate of drug-likeness (QED) is 0.613. The molecular weight excluding hydrogens is 388 g/mol. The summed E-state index contributed by atoms with van der Waals surface area (Å²) in [6.45, 7) is 0.170. The summed E-state index contributed by atoms with van der Waals surface area (Å²) in [6, 6.07) is 12.0. The summed E-state index contributed by atoms with van der Waals surface area (Å²) in [5.74, 6) is -1.32. The minimum Gasteiger partial charge on any atom is -0.484 e. The summed E-state index contributed by atoms with van der Waals surface area (Å²) in [4.78, 5) is 39.7. The third-order valence-electron chi connectivity index (χ3n) is 4.41. The van der Waals surface area contributed by atoms with Gasteiger partial charge in [-0.2, -0.15) is 0 Å². The van der Waals surface area contributed by atoms with Gasteiger partial charge in [-0.05, 0) is 35.9 Å². The fraction of sp³-hybridized carbons (Fsp3) is 0.318. The van der Waals surface area contributed by atoms with Crippen LogP contribution in [0.15, 0.2) is 42.5 Å². The first-order chi connectivity index (χ1) is 14.2. The molecule has 0 radical (unpaired) electrons. The van der Waals surface area contributed by atoms with Crippen molar-refractivity contribution in [2.45, 2.75) is 6.54 Å². The Morgan fingerprint density at radius 1 is 0.833 bits per heavy atom. The second-order valence-corrected chi connectivity index (χ2v) is 6.83. The number of methoxy groups -OCH3 is 2. The molecule has 8 nitrogen and oxygen atoms in total. The highest BCUT2D eigenvalue weighted by Crippen LogP contribution is 2.19. The minimum atomic E-state index is -0.629. The van der Waals surface area contributed by atoms with Crippen LogP contribution in [0.4, 0.5) is 5.69 Å². The van der Waals surface area contributed by atoms with Crippen LogP contribution in [0, 0.1) is 0 Å². The molecule has 0 heterocycles. The van der Waals surface area contributed by atoms with Crippen LogP contribution in [-0.2, 0) is 20.8 Å². The second kappa shape index (κ2) is 10.3. The van der Waals surface area contributed by atoms with Crippen LogP contribution >= 0.6 is 0 Å². The number of hydrogen-bond acceptors (Lipinski definition) is 7. The lowest BCUT2D eigenvalue weighted by atomic mass is 10.1. The number of carbonyl (C=O) groups excluding carboxylic acids is 3. The van der Waals surface area contributed by atoms with Crippen LogP contribution in [0.3, 0.4) is 0 Å². The van der Waals surface area contributed by atoms with E-state index >= 15 is 0 Å². The fourth-order valence-corrected chi connectivity index (χ4v) is 2.67. The van der Waals surface area contributed by atoms with Crippen molar-refractivity contribution in [3.05, 3.63) is 59.2 Å². The van der Waals surface area contributed by atoms with Crippen LogP contribution in [0.25, 0.3) is 0 Å². The Morgan fingerprint density at radius 3 is 1.83 bits per heavy atom. The molecule has 0 aliphatic heterocycles. The molecule has 2 rings (SSSR count). The van der Waals surface area contributed by atoms with Crippen LogP contribution in [-0.4, -0.2) is 64.7 Å². The zero-order chi connectivity index (χ0) is 22.3. The molecule has 0 aliphatic rings. The lowest BCUT2D eigenvalue weighted by molar-refractivity contribution is -0.132. The summed E-state index contributed by atoms with van der Waals surface area (Å²) in [6.07, 6.45) is 0. The molecule has 0 saturated heterocycles. The largest absolute Gasteiger partial charge is 0.484 e. The molecular formula is C22H26N2O6. The van der Waals surface area contributed by atoms with E-state index in [0.29, 0.717) is 6.54 Å². The Labute approximate surface area is 175 Å². The van der Waals surface area contributed by atoms with E-state index < -0.39 is 11.9 Å². The van der Waals surface area contributed by atoms with Crippen LogP contribution in [0.1, 0.15) is 26.3 Å². The SMILES string of the molecule is COC(=O)c1cc(OCC(=O)N(C)Cc2ccc(N(C)C)cc2)cc(C(=O)OC)c1. The van der Waals surface area contributed by atoms with Gasteiger partial charge in [-0.15, -0.1) is 0 Å². The van der Waals surface area contributed by atoms with E-state index in [1.807, 2.05) is 43.3 Å². The maximum Gasteiger partial charge on any atom is 0.338 e. The molecule has 0 unspecified atom stereocenters. The van der Waals surface area contributed by atoms with Gasteiger partial charge >= 0.3 is 11.9 Å². The Kier molecular flexibility index (Phi) is 7.80. The Balaban J connectivity index is 2.05. The van der Waals surface area contributed by atoms with Crippen molar-refractivity contribution in [2.24, 2.45) is 0 Å². The van der Waals surface area contributed by atoms with Gasteiger partial charge in [0.2, 0.25) is 0 Å². The van der Waals surface area contributed by atoms with Crippen molar-refractivity contribution in [2.75, 3.05) is 46.9 Å². The van der Waals surface area contributed by atoms with Crippen molar-refractivity contribution in [1.29, 1.82) is 0 Å². The summed E-state index contributed by atoms with van der Waals surface area (Å²) in [5.41, 5.74) is 2.30. The number of nitrogens with zero attached hydrogens (tertiary/aromatic N) is 2. The minimum absolute atomic E-state index is 0.122. The first kappa shape index (κ1) is 22.7. The van der Waals surface area contributed by atoms with E-state index in [-0.39, 0.29) is 29.4 Å². The van der Waals surface area contributed by atoms with E-state index in [9.17, 15) is 14.4 Å². The number of esters is 2. The molecule has 160 valence electrons. The Morgan fingerprint density at radius 2 is 1.37 bits per heavy atom. The van der Waals surface area contributed by atoms with Gasteiger partial charge in [-0.25, -0.2) is 9.59 Å². The standard InChI is InChI=1S/C22H26N2O6/c1-23(2)18-8-6-15(7-9-18)13-24(3)20(25)14-30-19-11-16(21(26)28-4)10-17(12-19)22(27)29-5/h6-12H,13-14H2,1-5H3. The highest BCUT2D eigenvalue weighted by atomic mass is 16.5. The highest BCUT2D eigenvalue weighted by Gasteiger charge is 2.16. The fourth-order valence-electron chi connectivity index (χ4n) is 2.67. The summed E-state index contributed by atoms with van der Waals surface area (Å²) in [5, 5.41) is 0. The average Bonchev–Trinajstić information content (AvgIpc) is 2.76. The number of benzene rings is 2. The van der Waals surface area contributed by atoms with Crippen molar-refractivity contribution < 1.29 is 28.6 Å². The molecule has 0 fully saturated rings. The first-order valence-electron chi connectivity index (χ1n) is 9.20. The third kappa shape index (κ3) is 5.97. The maximum absolute atomic E-state index is 12.5. The van der Waals surface area contributed by atoms with Gasteiger partial charge in [0.05, 0.1) is 25.3 Å². The predicted octanol–water partition coefficient (Wildman–Crippen LogP) is 2.36. The molecule has 30 heavy (non-hydrogen) atoms. The van der Waals surface area contributed by atoms with Gasteiger partial charge in [0, 0.05) is 33.4 Å². The molecule has 0 spiro atoms. The Bertz CT molecular complexity index is 874. The van der Waals surface area contributed by atoms with E-state index in [1.165, 1.54) is 37.3 Å². The smallest absolute Gasteiger partial charge is 0.338 e. The lowest BCUT2D eigenvalue weighted by Crippen LogP contribution is -2.31. The number of anilines is 1. The number of ether oxygens (including phenoxy) is 3. The molecule has 0 saturated carbocycles. The van der Waals surface area contributed by atoms with E-state index in [1.54, 1.807) is 7.05 Å². The topological polar surface area (TPSA) is 85.4 Å². The molecule has 2 aromatic carbocycles. The summed E-state index contributed by atoms with van der Waals surface area (Å²) in [7, 11) is 8.07. The Hall–Kier alpha value is -3.55. The number of hydrogen-bond donors (Lipinski definition) is 0. The number of rotatable bonds is 8. The van der Waals surface area contributed by atoms with Gasteiger partial charge in [0.15, 0.2) is 6.61 Å². The van der Waals surface area contributed by atoms with Crippen molar-refractivity contribution in [1.82, 2.24) is 4.90 Å². The molecule has 8 heteroatoms. The summed E-state index contributed by atoms with van der Waals surface area (Å²) >= 11 is 0. The van der Waals surface area contributed by atoms with Gasteiger partial charge in [-0.1, -0.05) is 12.1 Å². The van der Waals surface area contributed by atoms with E-state index in [4.69, 9.17) is 4.74 Å². The van der Waals surface area contributed by atoms with Crippen LogP contribution in [0.5, 0.6) is 5.75 Å². The lowest BCUT2D eigenvalue weighted by Gasteiger charge is -2.19. The molecule has 0 N–H and O–H groups in total. The zero-order valence-electron chi connectivity index (χ0n) is 17.8. The van der Waals surface area contributed by atoms with Gasteiger partial charge in [0.25, 0.3) is 5.91 Å². The molecule has 0 aliphatic carbocycles. The predicted molar refractivity (Wildman–Crippen MR) is 112 cm³/mol. The first-order valence-corrected chi connectivity index (χ1v) is 9.20. The van der Waals surface area contributed by atoms with Gasteiger partial charge in [0.1, 0.15) is 5.75 Å². The van der Waals surface area contributed by atoms with Crippen LogP contribution < -0.4 is 9.64 Å². The average molecular weight is 414 g/mol. The van der Waals surface area contributed by atoms with Crippen molar-refractivity contribution in [3.63, 3.8) is 0 Å². The highest BCUT2D eigenvalue weighted by molar-refractivity contribution is 5.96. The zero-order valence-corrected chi connectivity index (χ0v) is 17.8. The third-order valence-corrected chi connectivity index (χ3v) is 4.41. The van der Waals surface area contributed by atoms with Gasteiger partial charge in [-0.3, -0.25) is 4.79 Å². The number of amides is 1. The van der Waals surface area contributed by atoms with E-state index in [2.05, 4.69) is 9.47 Å². The van der Waals surface area contributed by atoms with Crippen molar-refractivity contribution in [3.8, 4) is 5.75 Å². The van der Waals surface area contributed by atoms with Crippen molar-refractivity contribution >= 4 is 23.5 Å². The normalized spacial score (nSPS) is 10.2. The molecule has 0 bridgehead atoms. The maximum atomic E-state index is 12.5. The monoisotopic (exact) mass is 414 g/mol. The van der Waals surface area contributed by atoms with Crippen LogP contribution in [0.2, 0.25) is 0 Å².